The van der Waals surface area contributed by atoms with Gasteiger partial charge in [-0.3, -0.25) is 4.79 Å². The highest BCUT2D eigenvalue weighted by molar-refractivity contribution is 6.02. The summed E-state index contributed by atoms with van der Waals surface area (Å²) in [6, 6.07) is 19.2. The number of hydrogen-bond acceptors (Lipinski definition) is 3. The third-order valence-electron chi connectivity index (χ3n) is 4.48. The van der Waals surface area contributed by atoms with Crippen molar-refractivity contribution in [1.29, 1.82) is 0 Å². The summed E-state index contributed by atoms with van der Waals surface area (Å²) in [6.07, 6.45) is 0. The number of nitrogens with zero attached hydrogens (tertiary/aromatic N) is 2. The summed E-state index contributed by atoms with van der Waals surface area (Å²) in [6.45, 7) is 5.95. The standard InChI is InChI=1S/C22H23N3O2/c1-15-9-10-16(2)25(15)19-13-11-18(12-14-19)22(26)24-23-17(3)20-7-5-6-8-21(20)27-4/h5-14H,1-4H3,(H,24,26)/b23-17+. The molecule has 0 aliphatic carbocycles. The Morgan fingerprint density at radius 3 is 2.22 bits per heavy atom. The van der Waals surface area contributed by atoms with E-state index in [1.807, 2.05) is 43.3 Å². The van der Waals surface area contributed by atoms with E-state index < -0.39 is 0 Å². The van der Waals surface area contributed by atoms with Crippen molar-refractivity contribution in [2.45, 2.75) is 20.8 Å². The third kappa shape index (κ3) is 3.92. The second-order valence-electron chi connectivity index (χ2n) is 6.34. The van der Waals surface area contributed by atoms with Crippen LogP contribution in [0.3, 0.4) is 0 Å². The zero-order valence-corrected chi connectivity index (χ0v) is 16.0. The Morgan fingerprint density at radius 2 is 1.59 bits per heavy atom. The highest BCUT2D eigenvalue weighted by Gasteiger charge is 2.09. The zero-order chi connectivity index (χ0) is 19.4. The minimum Gasteiger partial charge on any atom is -0.496 e. The molecular formula is C22H23N3O2. The minimum atomic E-state index is -0.253. The SMILES string of the molecule is COc1ccccc1/C(C)=N/NC(=O)c1ccc(-n2c(C)ccc2C)cc1. The van der Waals surface area contributed by atoms with Gasteiger partial charge in [0.05, 0.1) is 12.8 Å². The number of methoxy groups -OCH3 is 1. The van der Waals surface area contributed by atoms with Crippen LogP contribution in [0.2, 0.25) is 0 Å². The molecule has 0 saturated heterocycles. The molecule has 3 aromatic rings. The number of para-hydroxylation sites is 1. The van der Waals surface area contributed by atoms with Gasteiger partial charge in [0.15, 0.2) is 0 Å². The number of hydrogen-bond donors (Lipinski definition) is 1. The molecule has 5 nitrogen and oxygen atoms in total. The van der Waals surface area contributed by atoms with Crippen LogP contribution in [-0.2, 0) is 0 Å². The van der Waals surface area contributed by atoms with E-state index in [2.05, 4.69) is 41.1 Å². The molecule has 5 heteroatoms. The molecule has 1 heterocycles. The van der Waals surface area contributed by atoms with Crippen LogP contribution < -0.4 is 10.2 Å². The fourth-order valence-electron chi connectivity index (χ4n) is 3.04. The second kappa shape index (κ2) is 7.91. The monoisotopic (exact) mass is 361 g/mol. The Balaban J connectivity index is 1.75. The lowest BCUT2D eigenvalue weighted by atomic mass is 10.1. The first-order chi connectivity index (χ1) is 13.0. The van der Waals surface area contributed by atoms with E-state index in [0.717, 1.165) is 28.4 Å². The van der Waals surface area contributed by atoms with E-state index >= 15 is 0 Å². The van der Waals surface area contributed by atoms with Gasteiger partial charge in [0.1, 0.15) is 5.75 Å². The van der Waals surface area contributed by atoms with Crippen LogP contribution in [0.1, 0.15) is 34.2 Å². The minimum absolute atomic E-state index is 0.253. The number of carbonyl (C=O) groups is 1. The van der Waals surface area contributed by atoms with Crippen LogP contribution in [-0.4, -0.2) is 23.3 Å². The summed E-state index contributed by atoms with van der Waals surface area (Å²) >= 11 is 0. The van der Waals surface area contributed by atoms with Gasteiger partial charge in [0.2, 0.25) is 0 Å². The number of aromatic nitrogens is 1. The van der Waals surface area contributed by atoms with E-state index in [9.17, 15) is 4.79 Å². The van der Waals surface area contributed by atoms with Crippen molar-refractivity contribution in [2.75, 3.05) is 7.11 Å². The van der Waals surface area contributed by atoms with Crippen LogP contribution in [0, 0.1) is 13.8 Å². The van der Waals surface area contributed by atoms with Crippen LogP contribution >= 0.6 is 0 Å². The van der Waals surface area contributed by atoms with E-state index in [1.54, 1.807) is 19.2 Å². The Morgan fingerprint density at radius 1 is 0.963 bits per heavy atom. The molecule has 2 aromatic carbocycles. The predicted molar refractivity (Wildman–Crippen MR) is 108 cm³/mol. The first kappa shape index (κ1) is 18.5. The summed E-state index contributed by atoms with van der Waals surface area (Å²) < 4.78 is 7.47. The second-order valence-corrected chi connectivity index (χ2v) is 6.34. The quantitative estimate of drug-likeness (QED) is 0.545. The molecule has 0 aliphatic rings. The lowest BCUT2D eigenvalue weighted by Gasteiger charge is -2.10. The largest absolute Gasteiger partial charge is 0.496 e. The predicted octanol–water partition coefficient (Wildman–Crippen LogP) is 4.26. The summed E-state index contributed by atoms with van der Waals surface area (Å²) in [5, 5.41) is 4.21. The number of hydrazone groups is 1. The smallest absolute Gasteiger partial charge is 0.271 e. The van der Waals surface area contributed by atoms with Crippen molar-refractivity contribution in [1.82, 2.24) is 9.99 Å². The molecule has 3 rings (SSSR count). The molecule has 0 saturated carbocycles. The normalized spacial score (nSPS) is 11.3. The molecule has 1 N–H and O–H groups in total. The molecule has 0 fully saturated rings. The molecule has 1 aromatic heterocycles. The summed E-state index contributed by atoms with van der Waals surface area (Å²) in [5.41, 5.74) is 8.02. The molecule has 0 atom stereocenters. The Bertz CT molecular complexity index is 966. The maximum absolute atomic E-state index is 12.4. The van der Waals surface area contributed by atoms with Crippen LogP contribution in [0.5, 0.6) is 5.75 Å². The van der Waals surface area contributed by atoms with Gasteiger partial charge in [-0.15, -0.1) is 0 Å². The number of benzene rings is 2. The van der Waals surface area contributed by atoms with Gasteiger partial charge < -0.3 is 9.30 Å². The van der Waals surface area contributed by atoms with E-state index in [-0.39, 0.29) is 5.91 Å². The van der Waals surface area contributed by atoms with Gasteiger partial charge in [-0.2, -0.15) is 5.10 Å². The Kier molecular flexibility index (Phi) is 5.41. The van der Waals surface area contributed by atoms with Gasteiger partial charge in [0.25, 0.3) is 5.91 Å². The number of carbonyl (C=O) groups excluding carboxylic acids is 1. The van der Waals surface area contributed by atoms with Crippen molar-refractivity contribution in [3.8, 4) is 11.4 Å². The van der Waals surface area contributed by atoms with E-state index in [1.165, 1.54) is 0 Å². The molecular weight excluding hydrogens is 338 g/mol. The fourth-order valence-corrected chi connectivity index (χ4v) is 3.04. The molecule has 0 bridgehead atoms. The highest BCUT2D eigenvalue weighted by Crippen LogP contribution is 2.18. The Labute approximate surface area is 159 Å². The van der Waals surface area contributed by atoms with Crippen molar-refractivity contribution >= 4 is 11.6 Å². The molecule has 0 spiro atoms. The van der Waals surface area contributed by atoms with Crippen molar-refractivity contribution in [3.05, 3.63) is 83.2 Å². The summed E-state index contributed by atoms with van der Waals surface area (Å²) in [5.74, 6) is 0.464. The van der Waals surface area contributed by atoms with Gasteiger partial charge in [-0.25, -0.2) is 5.43 Å². The van der Waals surface area contributed by atoms with Gasteiger partial charge in [-0.1, -0.05) is 12.1 Å². The lowest BCUT2D eigenvalue weighted by molar-refractivity contribution is 0.0955. The Hall–Kier alpha value is -3.34. The third-order valence-corrected chi connectivity index (χ3v) is 4.48. The number of rotatable bonds is 5. The molecule has 0 unspecified atom stereocenters. The number of ether oxygens (including phenoxy) is 1. The number of nitrogens with one attached hydrogen (secondary N) is 1. The van der Waals surface area contributed by atoms with Gasteiger partial charge >= 0.3 is 0 Å². The maximum atomic E-state index is 12.4. The first-order valence-corrected chi connectivity index (χ1v) is 8.74. The zero-order valence-electron chi connectivity index (χ0n) is 16.0. The average molecular weight is 361 g/mol. The van der Waals surface area contributed by atoms with Crippen molar-refractivity contribution in [2.24, 2.45) is 5.10 Å². The molecule has 0 radical (unpaired) electrons. The topological polar surface area (TPSA) is 55.6 Å². The number of aryl methyl sites for hydroxylation is 2. The fraction of sp³-hybridized carbons (Fsp3) is 0.182. The molecule has 27 heavy (non-hydrogen) atoms. The van der Waals surface area contributed by atoms with Crippen LogP contribution in [0.25, 0.3) is 5.69 Å². The van der Waals surface area contributed by atoms with E-state index in [0.29, 0.717) is 11.3 Å². The van der Waals surface area contributed by atoms with Crippen molar-refractivity contribution < 1.29 is 9.53 Å². The summed E-state index contributed by atoms with van der Waals surface area (Å²) in [7, 11) is 1.61. The maximum Gasteiger partial charge on any atom is 0.271 e. The van der Waals surface area contributed by atoms with Crippen LogP contribution in [0.15, 0.2) is 65.8 Å². The van der Waals surface area contributed by atoms with Gasteiger partial charge in [-0.05, 0) is 69.3 Å². The van der Waals surface area contributed by atoms with Crippen molar-refractivity contribution in [3.63, 3.8) is 0 Å². The molecule has 1 amide bonds. The first-order valence-electron chi connectivity index (χ1n) is 8.74. The number of amides is 1. The van der Waals surface area contributed by atoms with Gasteiger partial charge in [0, 0.05) is 28.2 Å². The highest BCUT2D eigenvalue weighted by atomic mass is 16.5. The summed E-state index contributed by atoms with van der Waals surface area (Å²) in [4.78, 5) is 12.4. The average Bonchev–Trinajstić information content (AvgIpc) is 3.04. The van der Waals surface area contributed by atoms with E-state index in [4.69, 9.17) is 4.74 Å². The van der Waals surface area contributed by atoms with Crippen LogP contribution in [0.4, 0.5) is 0 Å². The lowest BCUT2D eigenvalue weighted by Crippen LogP contribution is -2.19. The molecule has 0 aliphatic heterocycles. The molecule has 138 valence electrons.